The number of thiol groups is 2. The second kappa shape index (κ2) is 14.8. The zero-order valence-corrected chi connectivity index (χ0v) is 18.6. The number of nitrogens with one attached hydrogen (secondary N) is 1. The fourth-order valence-corrected chi connectivity index (χ4v) is 2.11. The SMILES string of the molecule is [3H]ON(CCOC(=O)C(C)(C)C)NC(Cc1ccccc1)C(=O)S.[3H]SCCOC. The van der Waals surface area contributed by atoms with Gasteiger partial charge in [0.15, 0.2) is 0 Å². The smallest absolute Gasteiger partial charge is 0.311 e. The van der Waals surface area contributed by atoms with Crippen molar-refractivity contribution in [2.75, 3.05) is 32.6 Å². The van der Waals surface area contributed by atoms with E-state index < -0.39 is 11.5 Å². The van der Waals surface area contributed by atoms with Crippen LogP contribution in [-0.4, -0.2) is 61.3 Å². The summed E-state index contributed by atoms with van der Waals surface area (Å²) in [6.07, 6.45) is 0.394. The predicted octanol–water partition coefficient (Wildman–Crippen LogP) is 2.40. The van der Waals surface area contributed by atoms with E-state index in [-0.39, 0.29) is 24.2 Å². The molecule has 1 unspecified atom stereocenters. The Hall–Kier alpha value is -1.10. The van der Waals surface area contributed by atoms with E-state index in [0.717, 1.165) is 29.0 Å². The van der Waals surface area contributed by atoms with Crippen LogP contribution in [0, 0.1) is 5.41 Å². The van der Waals surface area contributed by atoms with Gasteiger partial charge < -0.3 is 9.47 Å². The number of esters is 1. The van der Waals surface area contributed by atoms with Gasteiger partial charge in [0.2, 0.25) is 6.55 Å². The van der Waals surface area contributed by atoms with Crippen LogP contribution in [0.2, 0.25) is 1.43 Å². The van der Waals surface area contributed by atoms with Crippen molar-refractivity contribution in [3.63, 3.8) is 0 Å². The summed E-state index contributed by atoms with van der Waals surface area (Å²) in [5.74, 6) is 0.426. The molecule has 0 radical (unpaired) electrons. The van der Waals surface area contributed by atoms with Crippen LogP contribution in [0.25, 0.3) is 0 Å². The van der Waals surface area contributed by atoms with Gasteiger partial charge in [-0.3, -0.25) is 14.8 Å². The highest BCUT2D eigenvalue weighted by Crippen LogP contribution is 2.14. The van der Waals surface area contributed by atoms with Gasteiger partial charge in [-0.15, -0.1) is 17.8 Å². The average Bonchev–Trinajstić information content (AvgIpc) is 2.71. The molecule has 0 aliphatic heterocycles. The predicted molar refractivity (Wildman–Crippen MR) is 116 cm³/mol. The summed E-state index contributed by atoms with van der Waals surface area (Å²) in [6.45, 7) is 6.07. The second-order valence-corrected chi connectivity index (χ2v) is 7.74. The van der Waals surface area contributed by atoms with E-state index in [4.69, 9.17) is 7.29 Å². The van der Waals surface area contributed by atoms with Gasteiger partial charge in [-0.25, -0.2) is 5.43 Å². The number of hydroxylamine groups is 1. The minimum atomic E-state index is -0.667. The molecule has 1 atom stereocenters. The molecular weight excluding hydrogens is 400 g/mol. The molecule has 0 heterocycles. The Labute approximate surface area is 181 Å². The molecule has 160 valence electrons. The summed E-state index contributed by atoms with van der Waals surface area (Å²) in [4.78, 5) is 23.4. The molecule has 0 bridgehead atoms. The maximum Gasteiger partial charge on any atom is 0.311 e. The Morgan fingerprint density at radius 3 is 2.46 bits per heavy atom. The summed E-state index contributed by atoms with van der Waals surface area (Å²) in [7, 11) is 1.64. The number of hydrazine groups is 1. The van der Waals surface area contributed by atoms with Crippen molar-refractivity contribution < 1.29 is 25.7 Å². The third-order valence-corrected chi connectivity index (χ3v) is 3.79. The fraction of sp³-hybridized carbons (Fsp3) is 0.579. The zero-order chi connectivity index (χ0) is 23.0. The van der Waals surface area contributed by atoms with Gasteiger partial charge in [-0.1, -0.05) is 30.3 Å². The largest absolute Gasteiger partial charge is 0.464 e. The van der Waals surface area contributed by atoms with E-state index in [1.54, 1.807) is 27.9 Å². The summed E-state index contributed by atoms with van der Waals surface area (Å²) < 4.78 is 23.4. The number of rotatable bonds is 12. The van der Waals surface area contributed by atoms with Crippen LogP contribution >= 0.6 is 25.2 Å². The molecule has 0 aliphatic carbocycles. The van der Waals surface area contributed by atoms with Crippen LogP contribution in [-0.2, 0) is 25.5 Å². The lowest BCUT2D eigenvalue weighted by molar-refractivity contribution is -0.170. The van der Waals surface area contributed by atoms with Crippen molar-refractivity contribution in [1.29, 1.82) is 1.12 Å². The number of hydrogen-bond donors (Lipinski definition) is 4. The first-order chi connectivity index (χ1) is 14.1. The first kappa shape index (κ1) is 23.2. The van der Waals surface area contributed by atoms with Crippen LogP contribution in [0.5, 0.6) is 0 Å². The standard InChI is InChI=1S/C16H24N2O4S.C3H8OS/c1-16(2,3)15(20)22-10-9-18(21)17-13(14(19)23)11-12-7-5-4-6-8-12;1-4-2-3-5/h4-8,13,17,21H,9-11H2,1-3H3,(H,19,23);5H,2-3H2,1H3/i21T;/hT. The van der Waals surface area contributed by atoms with E-state index >= 15 is 0 Å². The highest BCUT2D eigenvalue weighted by molar-refractivity contribution is 7.96. The van der Waals surface area contributed by atoms with Crippen LogP contribution in [0.15, 0.2) is 30.3 Å². The Bertz CT molecular complexity index is 602. The molecule has 0 saturated carbocycles. The van der Waals surface area contributed by atoms with Crippen molar-refractivity contribution in [2.45, 2.75) is 33.2 Å². The van der Waals surface area contributed by atoms with Gasteiger partial charge in [-0.2, -0.15) is 12.5 Å². The molecule has 0 aromatic heterocycles. The Balaban J connectivity index is 0.00000122. The van der Waals surface area contributed by atoms with Crippen molar-refractivity contribution in [3.05, 3.63) is 35.9 Å². The molecule has 0 aliphatic rings. The number of carbonyl (C=O) groups excluding carboxylic acids is 2. The molecule has 9 heteroatoms. The normalized spacial score (nSPS) is 13.1. The van der Waals surface area contributed by atoms with Gasteiger partial charge in [0.1, 0.15) is 7.73 Å². The van der Waals surface area contributed by atoms with E-state index in [1.807, 2.05) is 30.3 Å². The number of methoxy groups -OCH3 is 1. The number of benzene rings is 1. The van der Waals surface area contributed by atoms with E-state index in [1.165, 1.54) is 0 Å². The van der Waals surface area contributed by atoms with E-state index in [9.17, 15) is 9.59 Å². The van der Waals surface area contributed by atoms with Gasteiger partial charge in [0, 0.05) is 12.9 Å². The molecule has 0 saturated heterocycles. The quantitative estimate of drug-likeness (QED) is 0.173. The summed E-state index contributed by atoms with van der Waals surface area (Å²) in [6, 6.07) is 8.75. The molecule has 0 fully saturated rings. The van der Waals surface area contributed by atoms with Crippen LogP contribution in [0.3, 0.4) is 0 Å². The van der Waals surface area contributed by atoms with Crippen LogP contribution in [0.1, 0.15) is 26.3 Å². The maximum absolute atomic E-state index is 11.7. The minimum Gasteiger partial charge on any atom is -0.464 e. The van der Waals surface area contributed by atoms with Gasteiger partial charge in [0.25, 0.3) is 0 Å². The topological polar surface area (TPSA) is 88.1 Å². The van der Waals surface area contributed by atoms with Gasteiger partial charge in [0.05, 0.1) is 24.6 Å². The first-order valence-electron chi connectivity index (χ1n) is 9.65. The lowest BCUT2D eigenvalue weighted by Gasteiger charge is -2.23. The highest BCUT2D eigenvalue weighted by atomic mass is 32.1. The Kier molecular flexibility index (Phi) is 12.3. The van der Waals surface area contributed by atoms with Crippen molar-refractivity contribution in [1.82, 2.24) is 10.6 Å². The molecule has 1 aromatic carbocycles. The average molecular weight is 437 g/mol. The number of ether oxygens (including phenoxy) is 2. The van der Waals surface area contributed by atoms with E-state index in [0.29, 0.717) is 13.0 Å². The van der Waals surface area contributed by atoms with Crippen LogP contribution < -0.4 is 5.43 Å². The summed E-state index contributed by atoms with van der Waals surface area (Å²) in [5, 5.41) is 5.09. The van der Waals surface area contributed by atoms with E-state index in [2.05, 4.69) is 28.0 Å². The third-order valence-electron chi connectivity index (χ3n) is 3.31. The Morgan fingerprint density at radius 2 is 2.00 bits per heavy atom. The third kappa shape index (κ3) is 13.1. The summed E-state index contributed by atoms with van der Waals surface area (Å²) >= 11 is 4.92. The molecule has 2 N–H and O–H groups in total. The van der Waals surface area contributed by atoms with Crippen LogP contribution in [0.4, 0.5) is 0 Å². The lowest BCUT2D eigenvalue weighted by Crippen LogP contribution is -2.48. The number of carbonyl (C=O) groups is 2. The Morgan fingerprint density at radius 1 is 1.32 bits per heavy atom. The summed E-state index contributed by atoms with van der Waals surface area (Å²) in [5.41, 5.74) is 3.12. The molecular formula is C19H32N2O5S2. The van der Waals surface area contributed by atoms with Gasteiger partial charge in [-0.05, 0) is 32.8 Å². The molecule has 0 spiro atoms. The minimum absolute atomic E-state index is 0.0286. The molecule has 0 amide bonds. The van der Waals surface area contributed by atoms with Gasteiger partial charge >= 0.3 is 5.97 Å². The number of nitrogens with zero attached hydrogens (tertiary/aromatic N) is 1. The lowest BCUT2D eigenvalue weighted by atomic mass is 9.97. The highest BCUT2D eigenvalue weighted by Gasteiger charge is 2.23. The monoisotopic (exact) mass is 436 g/mol. The number of hydrogen-bond acceptors (Lipinski definition) is 8. The molecule has 28 heavy (non-hydrogen) atoms. The first-order valence-corrected chi connectivity index (χ1v) is 9.86. The molecule has 7 nitrogen and oxygen atoms in total. The zero-order valence-electron chi connectivity index (χ0n) is 18.8. The maximum atomic E-state index is 11.7. The van der Waals surface area contributed by atoms with Crippen molar-refractivity contribution in [2.24, 2.45) is 5.41 Å². The van der Waals surface area contributed by atoms with Crippen molar-refractivity contribution in [3.8, 4) is 0 Å². The molecule has 1 aromatic rings. The molecule has 1 rings (SSSR count). The fourth-order valence-electron chi connectivity index (χ4n) is 1.80. The van der Waals surface area contributed by atoms with Crippen molar-refractivity contribution >= 4 is 36.2 Å². The second-order valence-electron chi connectivity index (χ2n) is 6.89.